The van der Waals surface area contributed by atoms with Crippen LogP contribution in [0.5, 0.6) is 0 Å². The molecule has 114 valence electrons. The second-order valence-electron chi connectivity index (χ2n) is 5.14. The molecule has 1 aliphatic heterocycles. The maximum absolute atomic E-state index is 12.4. The van der Waals surface area contributed by atoms with Gasteiger partial charge in [-0.05, 0) is 30.7 Å². The number of benzene rings is 2. The highest BCUT2D eigenvalue weighted by Gasteiger charge is 2.24. The summed E-state index contributed by atoms with van der Waals surface area (Å²) >= 11 is 0. The van der Waals surface area contributed by atoms with Gasteiger partial charge in [-0.1, -0.05) is 29.8 Å². The lowest BCUT2D eigenvalue weighted by Crippen LogP contribution is -2.22. The summed E-state index contributed by atoms with van der Waals surface area (Å²) in [6.07, 6.45) is 0.584. The molecule has 22 heavy (non-hydrogen) atoms. The molecular formula is C16H15NO4S. The first kappa shape index (κ1) is 14.6. The zero-order valence-electron chi connectivity index (χ0n) is 12.0. The van der Waals surface area contributed by atoms with E-state index >= 15 is 0 Å². The number of fused-ring (bicyclic) bond motifs is 1. The molecule has 0 saturated carbocycles. The summed E-state index contributed by atoms with van der Waals surface area (Å²) in [4.78, 5) is 12.1. The number of sulfonamides is 1. The average molecular weight is 317 g/mol. The molecule has 1 heterocycles. The minimum Gasteiger partial charge on any atom is -0.462 e. The van der Waals surface area contributed by atoms with Gasteiger partial charge in [0.05, 0.1) is 22.8 Å². The standard InChI is InChI=1S/C16H15NO4S/c1-11-5-7-13(8-6-11)22(19,20)17-14-4-2-3-12-9-10-21-16(18)15(12)14/h2-8,17H,9-10H2,1H3. The van der Waals surface area contributed by atoms with Crippen molar-refractivity contribution in [1.82, 2.24) is 0 Å². The third-order valence-electron chi connectivity index (χ3n) is 3.54. The van der Waals surface area contributed by atoms with Gasteiger partial charge in [-0.15, -0.1) is 0 Å². The van der Waals surface area contributed by atoms with Crippen LogP contribution in [0.1, 0.15) is 21.5 Å². The Hall–Kier alpha value is -2.34. The maximum atomic E-state index is 12.4. The summed E-state index contributed by atoms with van der Waals surface area (Å²) in [5, 5.41) is 0. The van der Waals surface area contributed by atoms with E-state index < -0.39 is 16.0 Å². The van der Waals surface area contributed by atoms with Gasteiger partial charge in [-0.25, -0.2) is 13.2 Å². The van der Waals surface area contributed by atoms with Crippen molar-refractivity contribution in [2.24, 2.45) is 0 Å². The normalized spacial score (nSPS) is 14.1. The lowest BCUT2D eigenvalue weighted by Gasteiger charge is -2.19. The molecule has 0 saturated heterocycles. The van der Waals surface area contributed by atoms with Crippen molar-refractivity contribution in [3.63, 3.8) is 0 Å². The molecule has 2 aromatic carbocycles. The monoisotopic (exact) mass is 317 g/mol. The van der Waals surface area contributed by atoms with Gasteiger partial charge < -0.3 is 4.74 Å². The Morgan fingerprint density at radius 2 is 1.82 bits per heavy atom. The zero-order chi connectivity index (χ0) is 15.7. The van der Waals surface area contributed by atoms with Crippen molar-refractivity contribution in [2.45, 2.75) is 18.2 Å². The quantitative estimate of drug-likeness (QED) is 0.883. The van der Waals surface area contributed by atoms with Crippen LogP contribution in [0.25, 0.3) is 0 Å². The number of nitrogens with one attached hydrogen (secondary N) is 1. The Morgan fingerprint density at radius 1 is 1.09 bits per heavy atom. The summed E-state index contributed by atoms with van der Waals surface area (Å²) in [5.74, 6) is -0.497. The van der Waals surface area contributed by atoms with Crippen LogP contribution in [-0.4, -0.2) is 21.0 Å². The first-order valence-electron chi connectivity index (χ1n) is 6.86. The van der Waals surface area contributed by atoms with Crippen LogP contribution in [0.2, 0.25) is 0 Å². The van der Waals surface area contributed by atoms with E-state index in [1.165, 1.54) is 12.1 Å². The number of aryl methyl sites for hydroxylation is 1. The lowest BCUT2D eigenvalue weighted by molar-refractivity contribution is 0.0482. The summed E-state index contributed by atoms with van der Waals surface area (Å²) in [6.45, 7) is 2.20. The Kier molecular flexibility index (Phi) is 3.62. The largest absolute Gasteiger partial charge is 0.462 e. The Bertz CT molecular complexity index is 826. The third kappa shape index (κ3) is 2.69. The molecule has 0 bridgehead atoms. The fourth-order valence-electron chi connectivity index (χ4n) is 2.38. The molecule has 0 amide bonds. The molecule has 2 aromatic rings. The zero-order valence-corrected chi connectivity index (χ0v) is 12.8. The molecule has 0 radical (unpaired) electrons. The van der Waals surface area contributed by atoms with E-state index in [1.54, 1.807) is 30.3 Å². The van der Waals surface area contributed by atoms with Crippen molar-refractivity contribution in [3.05, 3.63) is 59.2 Å². The third-order valence-corrected chi connectivity index (χ3v) is 4.92. The number of rotatable bonds is 3. The number of anilines is 1. The van der Waals surface area contributed by atoms with E-state index in [9.17, 15) is 13.2 Å². The van der Waals surface area contributed by atoms with E-state index in [2.05, 4.69) is 4.72 Å². The molecule has 1 aliphatic rings. The Balaban J connectivity index is 2.00. The minimum absolute atomic E-state index is 0.153. The molecule has 0 unspecified atom stereocenters. The number of hydrogen-bond acceptors (Lipinski definition) is 4. The molecule has 0 spiro atoms. The highest BCUT2D eigenvalue weighted by atomic mass is 32.2. The van der Waals surface area contributed by atoms with Gasteiger partial charge in [0.15, 0.2) is 0 Å². The summed E-state index contributed by atoms with van der Waals surface area (Å²) < 4.78 is 32.4. The molecule has 6 heteroatoms. The molecule has 3 rings (SSSR count). The van der Waals surface area contributed by atoms with Crippen molar-refractivity contribution < 1.29 is 17.9 Å². The Labute approximate surface area is 129 Å². The van der Waals surface area contributed by atoms with Crippen molar-refractivity contribution in [3.8, 4) is 0 Å². The van der Waals surface area contributed by atoms with E-state index in [1.807, 2.05) is 6.92 Å². The average Bonchev–Trinajstić information content (AvgIpc) is 2.47. The van der Waals surface area contributed by atoms with E-state index in [0.29, 0.717) is 18.6 Å². The van der Waals surface area contributed by atoms with Gasteiger partial charge in [-0.3, -0.25) is 4.72 Å². The van der Waals surface area contributed by atoms with Crippen LogP contribution < -0.4 is 4.72 Å². The highest BCUT2D eigenvalue weighted by Crippen LogP contribution is 2.27. The summed E-state index contributed by atoms with van der Waals surface area (Å²) in [5.41, 5.74) is 2.31. The summed E-state index contributed by atoms with van der Waals surface area (Å²) in [7, 11) is -3.74. The van der Waals surface area contributed by atoms with E-state index in [0.717, 1.165) is 11.1 Å². The number of esters is 1. The van der Waals surface area contributed by atoms with Crippen molar-refractivity contribution in [1.29, 1.82) is 0 Å². The smallest absolute Gasteiger partial charge is 0.340 e. The molecule has 0 fully saturated rings. The number of carbonyl (C=O) groups is 1. The van der Waals surface area contributed by atoms with Crippen molar-refractivity contribution >= 4 is 21.7 Å². The highest BCUT2D eigenvalue weighted by molar-refractivity contribution is 7.92. The van der Waals surface area contributed by atoms with Gasteiger partial charge in [-0.2, -0.15) is 0 Å². The van der Waals surface area contributed by atoms with Crippen LogP contribution in [0.15, 0.2) is 47.4 Å². The van der Waals surface area contributed by atoms with Crippen LogP contribution in [0.4, 0.5) is 5.69 Å². The van der Waals surface area contributed by atoms with Crippen LogP contribution >= 0.6 is 0 Å². The van der Waals surface area contributed by atoms with Gasteiger partial charge in [0.1, 0.15) is 0 Å². The van der Waals surface area contributed by atoms with Gasteiger partial charge >= 0.3 is 5.97 Å². The topological polar surface area (TPSA) is 72.5 Å². The minimum atomic E-state index is -3.74. The predicted molar refractivity (Wildman–Crippen MR) is 82.4 cm³/mol. The van der Waals surface area contributed by atoms with Gasteiger partial charge in [0.2, 0.25) is 0 Å². The predicted octanol–water partition coefficient (Wildman–Crippen LogP) is 2.51. The first-order valence-corrected chi connectivity index (χ1v) is 8.34. The molecule has 5 nitrogen and oxygen atoms in total. The fourth-order valence-corrected chi connectivity index (χ4v) is 3.45. The molecule has 0 atom stereocenters. The second-order valence-corrected chi connectivity index (χ2v) is 6.83. The fraction of sp³-hybridized carbons (Fsp3) is 0.188. The number of cyclic esters (lactones) is 1. The second kappa shape index (κ2) is 5.46. The van der Waals surface area contributed by atoms with Crippen LogP contribution in [0, 0.1) is 6.92 Å². The molecule has 0 aliphatic carbocycles. The lowest BCUT2D eigenvalue weighted by atomic mass is 10.0. The van der Waals surface area contributed by atoms with Crippen LogP contribution in [0.3, 0.4) is 0 Å². The SMILES string of the molecule is Cc1ccc(S(=O)(=O)Nc2cccc3c2C(=O)OCC3)cc1. The maximum Gasteiger partial charge on any atom is 0.340 e. The Morgan fingerprint density at radius 3 is 2.55 bits per heavy atom. The molecule has 1 N–H and O–H groups in total. The molecule has 0 aromatic heterocycles. The van der Waals surface area contributed by atoms with E-state index in [4.69, 9.17) is 4.74 Å². The first-order chi connectivity index (χ1) is 10.5. The number of ether oxygens (including phenoxy) is 1. The van der Waals surface area contributed by atoms with Crippen molar-refractivity contribution in [2.75, 3.05) is 11.3 Å². The molecular weight excluding hydrogens is 302 g/mol. The van der Waals surface area contributed by atoms with E-state index in [-0.39, 0.29) is 10.6 Å². The van der Waals surface area contributed by atoms with Crippen LogP contribution in [-0.2, 0) is 21.2 Å². The number of hydrogen-bond donors (Lipinski definition) is 1. The summed E-state index contributed by atoms with van der Waals surface area (Å²) in [6, 6.07) is 11.6. The number of carbonyl (C=O) groups excluding carboxylic acids is 1. The van der Waals surface area contributed by atoms with Gasteiger partial charge in [0, 0.05) is 6.42 Å². The van der Waals surface area contributed by atoms with Gasteiger partial charge in [0.25, 0.3) is 10.0 Å².